The second kappa shape index (κ2) is 9.00. The minimum Gasteiger partial charge on any atom is -0.481 e. The minimum absolute atomic E-state index is 0.102. The lowest BCUT2D eigenvalue weighted by Crippen LogP contribution is -2.42. The molecule has 2 heterocycles. The van der Waals surface area contributed by atoms with Crippen LogP contribution in [0.1, 0.15) is 6.42 Å². The van der Waals surface area contributed by atoms with Crippen molar-refractivity contribution in [1.29, 1.82) is 0 Å². The molecule has 158 valence electrons. The summed E-state index contributed by atoms with van der Waals surface area (Å²) in [5, 5.41) is 22.5. The van der Waals surface area contributed by atoms with Gasteiger partial charge in [0.25, 0.3) is 5.56 Å². The number of carbonyl (C=O) groups is 4. The normalized spacial score (nSPS) is 11.2. The first-order valence-electron chi connectivity index (χ1n) is 8.00. The van der Waals surface area contributed by atoms with Crippen molar-refractivity contribution in [3.05, 3.63) is 28.7 Å². The average molecular weight is 420 g/mol. The van der Waals surface area contributed by atoms with E-state index in [1.165, 1.54) is 12.1 Å². The minimum atomic E-state index is -1.68. The second-order valence-electron chi connectivity index (χ2n) is 5.66. The third-order valence-electron chi connectivity index (χ3n) is 3.58. The number of pyridine rings is 1. The number of carboxylic acid groups (broad SMARTS) is 2. The summed E-state index contributed by atoms with van der Waals surface area (Å²) in [5.41, 5.74) is 9.83. The highest BCUT2D eigenvalue weighted by molar-refractivity contribution is 6.01. The first kappa shape index (κ1) is 21.6. The summed E-state index contributed by atoms with van der Waals surface area (Å²) in [6.45, 7) is 0. The van der Waals surface area contributed by atoms with Crippen LogP contribution in [-0.4, -0.2) is 55.6 Å². The number of urea groups is 1. The fourth-order valence-corrected chi connectivity index (χ4v) is 2.28. The van der Waals surface area contributed by atoms with Gasteiger partial charge in [0.2, 0.25) is 12.4 Å². The van der Waals surface area contributed by atoms with E-state index in [1.807, 2.05) is 0 Å². The Bertz CT molecular complexity index is 1040. The van der Waals surface area contributed by atoms with Gasteiger partial charge in [0, 0.05) is 0 Å². The van der Waals surface area contributed by atoms with E-state index in [1.54, 1.807) is 0 Å². The highest BCUT2D eigenvalue weighted by Gasteiger charge is 2.29. The van der Waals surface area contributed by atoms with Gasteiger partial charge in [0.1, 0.15) is 11.9 Å². The smallest absolute Gasteiger partial charge is 0.327 e. The van der Waals surface area contributed by atoms with Crippen LogP contribution in [-0.2, 0) is 14.4 Å². The molecule has 0 aliphatic rings. The van der Waals surface area contributed by atoms with Gasteiger partial charge in [-0.3, -0.25) is 29.6 Å². The third-order valence-corrected chi connectivity index (χ3v) is 3.58. The number of aliphatic carboxylic acids is 2. The maximum Gasteiger partial charge on any atom is 0.327 e. The molecule has 9 N–H and O–H groups in total. The quantitative estimate of drug-likeness (QED) is 0.251. The van der Waals surface area contributed by atoms with Crippen LogP contribution in [0, 0.1) is 0 Å². The Kier molecular flexibility index (Phi) is 6.48. The number of hydrogen-bond acceptors (Lipinski definition) is 9. The van der Waals surface area contributed by atoms with Crippen molar-refractivity contribution in [2.45, 2.75) is 12.5 Å². The molecule has 0 saturated heterocycles. The topological polar surface area (TPSA) is 247 Å². The van der Waals surface area contributed by atoms with Crippen molar-refractivity contribution >= 4 is 53.3 Å². The van der Waals surface area contributed by atoms with Gasteiger partial charge in [0.15, 0.2) is 11.5 Å². The number of nitrogens with zero attached hydrogens (tertiary/aromatic N) is 3. The summed E-state index contributed by atoms with van der Waals surface area (Å²) in [4.78, 5) is 67.4. The maximum atomic E-state index is 12.0. The molecule has 3 amide bonds. The molecule has 2 aromatic heterocycles. The lowest BCUT2D eigenvalue weighted by Gasteiger charge is -2.22. The van der Waals surface area contributed by atoms with Crippen LogP contribution in [0.4, 0.5) is 33.8 Å². The van der Waals surface area contributed by atoms with Crippen LogP contribution >= 0.6 is 0 Å². The van der Waals surface area contributed by atoms with Gasteiger partial charge in [0.05, 0.1) is 18.3 Å². The number of aromatic amines is 1. The Morgan fingerprint density at radius 3 is 2.43 bits per heavy atom. The number of hydrogen-bond donors (Lipinski definition) is 7. The molecule has 0 aliphatic carbocycles. The van der Waals surface area contributed by atoms with Crippen LogP contribution in [0.5, 0.6) is 0 Å². The Morgan fingerprint density at radius 1 is 1.23 bits per heavy atom. The van der Waals surface area contributed by atoms with Gasteiger partial charge < -0.3 is 27.0 Å². The molecular weight excluding hydrogens is 404 g/mol. The van der Waals surface area contributed by atoms with Crippen LogP contribution in [0.2, 0.25) is 0 Å². The van der Waals surface area contributed by atoms with Gasteiger partial charge in [-0.05, 0) is 12.1 Å². The van der Waals surface area contributed by atoms with Crippen molar-refractivity contribution < 1.29 is 29.4 Å². The molecule has 0 bridgehead atoms. The number of nitrogens with two attached hydrogens (primary N) is 2. The predicted octanol–water partition coefficient (Wildman–Crippen LogP) is -1.14. The monoisotopic (exact) mass is 420 g/mol. The summed E-state index contributed by atoms with van der Waals surface area (Å²) >= 11 is 0. The molecular formula is C15H16N8O7. The predicted molar refractivity (Wildman–Crippen MR) is 103 cm³/mol. The Labute approximate surface area is 166 Å². The van der Waals surface area contributed by atoms with Crippen molar-refractivity contribution in [1.82, 2.24) is 15.0 Å². The number of rotatable bonds is 8. The molecule has 0 unspecified atom stereocenters. The Hall–Kier alpha value is -4.69. The molecule has 0 aliphatic heterocycles. The van der Waals surface area contributed by atoms with E-state index in [9.17, 15) is 24.0 Å². The zero-order valence-electron chi connectivity index (χ0n) is 15.0. The van der Waals surface area contributed by atoms with Gasteiger partial charge in [-0.25, -0.2) is 14.6 Å². The molecule has 0 aromatic carbocycles. The second-order valence-corrected chi connectivity index (χ2v) is 5.66. The molecule has 2 aromatic rings. The highest BCUT2D eigenvalue weighted by atomic mass is 16.4. The number of carboxylic acids is 2. The summed E-state index contributed by atoms with van der Waals surface area (Å²) in [5.74, 6) is -3.65. The molecule has 0 saturated carbocycles. The van der Waals surface area contributed by atoms with E-state index in [2.05, 4.69) is 25.6 Å². The van der Waals surface area contributed by atoms with Gasteiger partial charge in [-0.1, -0.05) is 0 Å². The number of amides is 3. The van der Waals surface area contributed by atoms with Gasteiger partial charge in [-0.2, -0.15) is 4.98 Å². The van der Waals surface area contributed by atoms with Crippen molar-refractivity contribution in [2.75, 3.05) is 27.0 Å². The van der Waals surface area contributed by atoms with E-state index in [0.29, 0.717) is 4.90 Å². The van der Waals surface area contributed by atoms with Crippen LogP contribution in [0.3, 0.4) is 0 Å². The zero-order chi connectivity index (χ0) is 22.4. The van der Waals surface area contributed by atoms with Crippen LogP contribution in [0.15, 0.2) is 23.1 Å². The number of carbonyl (C=O) groups excluding carboxylic acids is 2. The van der Waals surface area contributed by atoms with Gasteiger partial charge in [-0.15, -0.1) is 0 Å². The summed E-state index contributed by atoms with van der Waals surface area (Å²) in [6, 6.07) is -0.0992. The molecule has 15 nitrogen and oxygen atoms in total. The molecule has 0 fully saturated rings. The van der Waals surface area contributed by atoms with Crippen molar-refractivity contribution in [3.63, 3.8) is 0 Å². The fourth-order valence-electron chi connectivity index (χ4n) is 2.28. The molecule has 30 heavy (non-hydrogen) atoms. The lowest BCUT2D eigenvalue weighted by atomic mass is 10.2. The summed E-state index contributed by atoms with van der Waals surface area (Å²) in [7, 11) is 0. The van der Waals surface area contributed by atoms with E-state index in [4.69, 9.17) is 21.7 Å². The summed E-state index contributed by atoms with van der Waals surface area (Å²) < 4.78 is 0. The highest BCUT2D eigenvalue weighted by Crippen LogP contribution is 2.18. The first-order valence-corrected chi connectivity index (χ1v) is 8.00. The Morgan fingerprint density at radius 2 is 1.93 bits per heavy atom. The molecule has 2 rings (SSSR count). The fraction of sp³-hybridized carbons (Fsp3) is 0.133. The molecule has 15 heteroatoms. The van der Waals surface area contributed by atoms with Crippen molar-refractivity contribution in [2.24, 2.45) is 0 Å². The first-order chi connectivity index (χ1) is 14.1. The number of nitrogen functional groups attached to an aromatic ring is 2. The van der Waals surface area contributed by atoms with E-state index < -0.39 is 36.0 Å². The lowest BCUT2D eigenvalue weighted by molar-refractivity contribution is -0.145. The number of nitrogens with one attached hydrogen (secondary N) is 3. The molecule has 0 spiro atoms. The third kappa shape index (κ3) is 5.18. The molecule has 1 atom stereocenters. The van der Waals surface area contributed by atoms with Crippen LogP contribution in [0.25, 0.3) is 0 Å². The van der Waals surface area contributed by atoms with Crippen molar-refractivity contribution in [3.8, 4) is 0 Å². The standard InChI is InChI=1S/C15H16N8O7/c16-11-10(12(27)22-14(17)21-11)20-15(30)19-6-1-2-8(18-4-6)23(5-24)7(13(28)29)3-9(25)26/h1-2,4-5,7H,3H2,(H,25,26)(H,28,29)(H2,19,20,30)(H5,16,17,21,22,27)/t7-/m0/s1. The van der Waals surface area contributed by atoms with E-state index in [0.717, 1.165) is 6.20 Å². The van der Waals surface area contributed by atoms with E-state index >= 15 is 0 Å². The largest absolute Gasteiger partial charge is 0.481 e. The average Bonchev–Trinajstić information content (AvgIpc) is 2.65. The maximum absolute atomic E-state index is 12.0. The summed E-state index contributed by atoms with van der Waals surface area (Å²) in [6.07, 6.45) is 0.372. The number of aromatic nitrogens is 3. The number of anilines is 5. The number of H-pyrrole nitrogens is 1. The van der Waals surface area contributed by atoms with Gasteiger partial charge >= 0.3 is 18.0 Å². The molecule has 0 radical (unpaired) electrons. The van der Waals surface area contributed by atoms with Crippen LogP contribution < -0.4 is 32.6 Å². The SMILES string of the molecule is Nc1nc(N)c(NC(=O)Nc2ccc(N(C=O)[C@@H](CC(=O)O)C(=O)O)nc2)c(=O)[nH]1. The Balaban J connectivity index is 2.14. The zero-order valence-corrected chi connectivity index (χ0v) is 15.0. The van der Waals surface area contributed by atoms with E-state index in [-0.39, 0.29) is 35.4 Å².